The summed E-state index contributed by atoms with van der Waals surface area (Å²) in [6, 6.07) is 13.4. The van der Waals surface area contributed by atoms with Gasteiger partial charge in [0, 0.05) is 31.1 Å². The summed E-state index contributed by atoms with van der Waals surface area (Å²) in [4.78, 5) is 16.0. The van der Waals surface area contributed by atoms with E-state index in [2.05, 4.69) is 36.6 Å². The average Bonchev–Trinajstić information content (AvgIpc) is 2.73. The number of rotatable bonds is 8. The summed E-state index contributed by atoms with van der Waals surface area (Å²) in [6.07, 6.45) is 2.76. The van der Waals surface area contributed by atoms with Crippen LogP contribution in [-0.4, -0.2) is 24.9 Å². The Kier molecular flexibility index (Phi) is 6.91. The molecule has 3 N–H and O–H groups in total. The van der Waals surface area contributed by atoms with Crippen molar-refractivity contribution in [1.82, 2.24) is 4.98 Å². The Bertz CT molecular complexity index is 1080. The molecule has 0 aliphatic rings. The van der Waals surface area contributed by atoms with Crippen molar-refractivity contribution in [1.29, 1.82) is 0 Å². The van der Waals surface area contributed by atoms with Gasteiger partial charge < -0.3 is 20.7 Å². The minimum atomic E-state index is -0.336. The first-order chi connectivity index (χ1) is 14.5. The van der Waals surface area contributed by atoms with Crippen LogP contribution in [-0.2, 0) is 0 Å². The van der Waals surface area contributed by atoms with E-state index in [1.807, 2.05) is 18.0 Å². The Balaban J connectivity index is 1.66. The Morgan fingerprint density at radius 3 is 2.77 bits per heavy atom. The topological polar surface area (TPSA) is 105 Å². The highest BCUT2D eigenvalue weighted by Gasteiger charge is 2.09. The molecule has 0 unspecified atom stereocenters. The molecule has 154 valence electrons. The second kappa shape index (κ2) is 9.79. The van der Waals surface area contributed by atoms with Crippen LogP contribution in [0.3, 0.4) is 0 Å². The molecule has 1 heterocycles. The number of nitrogens with two attached hydrogens (primary N) is 1. The van der Waals surface area contributed by atoms with E-state index < -0.39 is 0 Å². The first kappa shape index (κ1) is 21.2. The molecule has 3 rings (SSSR count). The summed E-state index contributed by atoms with van der Waals surface area (Å²) in [5.41, 5.74) is 8.58. The van der Waals surface area contributed by atoms with Crippen molar-refractivity contribution in [3.63, 3.8) is 0 Å². The Labute approximate surface area is 180 Å². The predicted octanol–water partition coefficient (Wildman–Crippen LogP) is 4.96. The third kappa shape index (κ3) is 5.51. The molecule has 0 fully saturated rings. The van der Waals surface area contributed by atoms with Crippen LogP contribution in [0.2, 0.25) is 0 Å². The number of ether oxygens (including phenoxy) is 1. The number of nitrogens with one attached hydrogen (secondary N) is 1. The predicted molar refractivity (Wildman–Crippen MR) is 120 cm³/mol. The monoisotopic (exact) mass is 472 g/mol. The summed E-state index contributed by atoms with van der Waals surface area (Å²) in [6.45, 7) is 0.420. The van der Waals surface area contributed by atoms with Crippen LogP contribution >= 0.6 is 15.9 Å². The lowest BCUT2D eigenvalue weighted by Gasteiger charge is -2.22. The first-order valence-corrected chi connectivity index (χ1v) is 9.55. The van der Waals surface area contributed by atoms with Crippen molar-refractivity contribution in [3.05, 3.63) is 75.6 Å². The van der Waals surface area contributed by atoms with Gasteiger partial charge in [0.25, 0.3) is 0 Å². The molecule has 0 aliphatic carbocycles. The number of halogens is 2. The number of nitroso groups, excluding NO2 is 1. The molecule has 1 aromatic heterocycles. The summed E-state index contributed by atoms with van der Waals surface area (Å²) >= 11 is 3.13. The first-order valence-electron chi connectivity index (χ1n) is 8.75. The second-order valence-electron chi connectivity index (χ2n) is 6.23. The molecule has 10 heteroatoms. The van der Waals surface area contributed by atoms with Gasteiger partial charge in [0.2, 0.25) is 0 Å². The molecule has 0 amide bonds. The fourth-order valence-corrected chi connectivity index (χ4v) is 2.87. The maximum atomic E-state index is 13.6. The van der Waals surface area contributed by atoms with Gasteiger partial charge >= 0.3 is 0 Å². The summed E-state index contributed by atoms with van der Waals surface area (Å²) in [5.74, 6) is 0.712. The fraction of sp³-hybridized carbons (Fsp3) is 0.100. The number of pyridine rings is 1. The van der Waals surface area contributed by atoms with Crippen LogP contribution in [0.15, 0.2) is 69.6 Å². The molecule has 8 nitrogen and oxygen atoms in total. The van der Waals surface area contributed by atoms with Gasteiger partial charge in [0.15, 0.2) is 0 Å². The largest absolute Gasteiger partial charge is 0.457 e. The molecular weight excluding hydrogens is 455 g/mol. The number of nitrogen functional groups attached to an aromatic ring is 1. The summed E-state index contributed by atoms with van der Waals surface area (Å²) in [7, 11) is 1.87. The lowest BCUT2D eigenvalue weighted by atomic mass is 10.2. The Morgan fingerprint density at radius 1 is 1.23 bits per heavy atom. The van der Waals surface area contributed by atoms with E-state index >= 15 is 0 Å². The third-order valence-electron chi connectivity index (χ3n) is 4.08. The van der Waals surface area contributed by atoms with Gasteiger partial charge in [-0.3, -0.25) is 4.98 Å². The minimum Gasteiger partial charge on any atom is -0.457 e. The van der Waals surface area contributed by atoms with E-state index in [1.54, 1.807) is 36.4 Å². The molecule has 0 atom stereocenters. The van der Waals surface area contributed by atoms with Gasteiger partial charge in [-0.15, -0.1) is 10.0 Å². The van der Waals surface area contributed by atoms with Crippen molar-refractivity contribution < 1.29 is 9.13 Å². The standard InChI is InChI=1S/C20H18BrFN6O2/c1-28(12-25-13-2-4-17(21)18(22)9-13)20-5-3-15(10-19(20)23)30-16-6-7-24-14(8-16)11-26-27-29/h2-11,25H,12,23H2,1H3/b26-11-. The van der Waals surface area contributed by atoms with Gasteiger partial charge in [-0.2, -0.15) is 0 Å². The maximum Gasteiger partial charge on any atom is 0.139 e. The van der Waals surface area contributed by atoms with Crippen molar-refractivity contribution >= 4 is 39.2 Å². The number of aromatic nitrogens is 1. The normalized spacial score (nSPS) is 10.8. The second-order valence-corrected chi connectivity index (χ2v) is 7.08. The van der Waals surface area contributed by atoms with Crippen LogP contribution in [0.4, 0.5) is 21.5 Å². The van der Waals surface area contributed by atoms with Crippen LogP contribution < -0.4 is 20.7 Å². The van der Waals surface area contributed by atoms with E-state index in [1.165, 1.54) is 18.5 Å². The molecule has 0 radical (unpaired) electrons. The minimum absolute atomic E-state index is 0.336. The number of nitrogens with zero attached hydrogens (tertiary/aromatic N) is 4. The van der Waals surface area contributed by atoms with Crippen LogP contribution in [0.1, 0.15) is 5.69 Å². The van der Waals surface area contributed by atoms with Crippen LogP contribution in [0, 0.1) is 10.7 Å². The lowest BCUT2D eigenvalue weighted by molar-refractivity contribution is 0.482. The van der Waals surface area contributed by atoms with Crippen molar-refractivity contribution in [3.8, 4) is 11.5 Å². The summed E-state index contributed by atoms with van der Waals surface area (Å²) < 4.78 is 19.8. The fourth-order valence-electron chi connectivity index (χ4n) is 2.63. The van der Waals surface area contributed by atoms with E-state index in [4.69, 9.17) is 10.5 Å². The molecule has 0 aliphatic heterocycles. The van der Waals surface area contributed by atoms with Crippen LogP contribution in [0.5, 0.6) is 11.5 Å². The lowest BCUT2D eigenvalue weighted by Crippen LogP contribution is -2.25. The zero-order chi connectivity index (χ0) is 21.5. The van der Waals surface area contributed by atoms with Crippen LogP contribution in [0.25, 0.3) is 0 Å². The van der Waals surface area contributed by atoms with Crippen molar-refractivity contribution in [2.45, 2.75) is 0 Å². The van der Waals surface area contributed by atoms with E-state index in [0.717, 1.165) is 5.69 Å². The molecule has 2 aromatic carbocycles. The third-order valence-corrected chi connectivity index (χ3v) is 4.72. The zero-order valence-corrected chi connectivity index (χ0v) is 17.5. The zero-order valence-electron chi connectivity index (χ0n) is 15.9. The number of hydrogen-bond donors (Lipinski definition) is 2. The highest BCUT2D eigenvalue weighted by molar-refractivity contribution is 9.10. The molecule has 30 heavy (non-hydrogen) atoms. The Hall–Kier alpha value is -3.53. The average molecular weight is 473 g/mol. The number of benzene rings is 2. The van der Waals surface area contributed by atoms with Gasteiger partial charge in [0.05, 0.1) is 39.7 Å². The molecular formula is C20H18BrFN6O2. The SMILES string of the molecule is CN(CNc1ccc(Br)c(F)c1)c1ccc(Oc2ccnc(/C=N\N=O)c2)cc1N. The maximum absolute atomic E-state index is 13.6. The molecule has 0 spiro atoms. The van der Waals surface area contributed by atoms with E-state index in [9.17, 15) is 9.30 Å². The molecule has 0 saturated carbocycles. The summed E-state index contributed by atoms with van der Waals surface area (Å²) in [5, 5.41) is 8.82. The quantitative estimate of drug-likeness (QED) is 0.158. The van der Waals surface area contributed by atoms with E-state index in [-0.39, 0.29) is 5.82 Å². The number of anilines is 3. The van der Waals surface area contributed by atoms with Crippen molar-refractivity contribution in [2.24, 2.45) is 10.4 Å². The van der Waals surface area contributed by atoms with Gasteiger partial charge in [-0.1, -0.05) is 0 Å². The van der Waals surface area contributed by atoms with Gasteiger partial charge in [0.1, 0.15) is 17.3 Å². The molecule has 0 bridgehead atoms. The Morgan fingerprint density at radius 2 is 2.03 bits per heavy atom. The highest BCUT2D eigenvalue weighted by Crippen LogP contribution is 2.30. The smallest absolute Gasteiger partial charge is 0.139 e. The highest BCUT2D eigenvalue weighted by atomic mass is 79.9. The van der Waals surface area contributed by atoms with E-state index in [0.29, 0.717) is 39.7 Å². The van der Waals surface area contributed by atoms with Gasteiger partial charge in [-0.25, -0.2) is 4.39 Å². The number of hydrogen-bond acceptors (Lipinski definition) is 7. The molecule has 0 saturated heterocycles. The van der Waals surface area contributed by atoms with Gasteiger partial charge in [-0.05, 0) is 52.3 Å². The van der Waals surface area contributed by atoms with Crippen molar-refractivity contribution in [2.75, 3.05) is 29.7 Å². The molecule has 3 aromatic rings.